The lowest BCUT2D eigenvalue weighted by molar-refractivity contribution is 0.201. The SMILES string of the molecule is ClC1=C(Cl)[C@]2(Cl)C3c4ccc(Br)cc4C4C(C3[C@@]1(Cl)C2(Cl)Cl)[C@]1(Cl)C(Cl)=C(Cl)[C@@]4(Cl)C1(Cl)Cl. The maximum absolute atomic E-state index is 7.28. The van der Waals surface area contributed by atoms with Gasteiger partial charge >= 0.3 is 0 Å². The summed E-state index contributed by atoms with van der Waals surface area (Å²) in [5, 5.41) is 0.233. The summed E-state index contributed by atoms with van der Waals surface area (Å²) in [6, 6.07) is 5.64. The minimum absolute atomic E-state index is 0.0388. The summed E-state index contributed by atoms with van der Waals surface area (Å²) in [6.07, 6.45) is 0. The van der Waals surface area contributed by atoms with E-state index in [-0.39, 0.29) is 20.1 Å². The van der Waals surface area contributed by atoms with Gasteiger partial charge in [0.05, 0.1) is 20.1 Å². The molecule has 33 heavy (non-hydrogen) atoms. The Labute approximate surface area is 258 Å². The second kappa shape index (κ2) is 7.04. The first-order valence-electron chi connectivity index (χ1n) is 9.43. The maximum atomic E-state index is 7.28. The molecule has 6 rings (SSSR count). The predicted octanol–water partition coefficient (Wildman–Crippen LogP) is 10.6. The Morgan fingerprint density at radius 3 is 1.33 bits per heavy atom. The van der Waals surface area contributed by atoms with Crippen molar-refractivity contribution < 1.29 is 0 Å². The summed E-state index contributed by atoms with van der Waals surface area (Å²) >= 11 is 87.1. The number of hydrogen-bond acceptors (Lipinski definition) is 0. The van der Waals surface area contributed by atoms with Crippen LogP contribution in [0.1, 0.15) is 23.0 Å². The first kappa shape index (κ1) is 25.9. The van der Waals surface area contributed by atoms with Gasteiger partial charge in [-0.15, -0.1) is 46.4 Å². The minimum Gasteiger partial charge on any atom is -0.109 e. The Morgan fingerprint density at radius 1 is 0.545 bits per heavy atom. The largest absolute Gasteiger partial charge is 0.167 e. The summed E-state index contributed by atoms with van der Waals surface area (Å²) < 4.78 is -2.86. The summed E-state index contributed by atoms with van der Waals surface area (Å²) in [6.45, 7) is 0. The summed E-state index contributed by atoms with van der Waals surface area (Å²) in [4.78, 5) is -6.42. The molecule has 8 atom stereocenters. The van der Waals surface area contributed by atoms with Crippen LogP contribution in [0.15, 0.2) is 42.8 Å². The highest BCUT2D eigenvalue weighted by Gasteiger charge is 2.91. The molecular formula is C20H7BrCl12. The topological polar surface area (TPSA) is 0 Å². The zero-order valence-electron chi connectivity index (χ0n) is 15.5. The van der Waals surface area contributed by atoms with Crippen molar-refractivity contribution in [2.24, 2.45) is 11.8 Å². The average molecular weight is 753 g/mol. The number of rotatable bonds is 0. The van der Waals surface area contributed by atoms with Crippen molar-refractivity contribution in [1.29, 1.82) is 0 Å². The summed E-state index contributed by atoms with van der Waals surface area (Å²) in [7, 11) is 0. The Balaban J connectivity index is 1.79. The molecule has 1 aromatic carbocycles. The van der Waals surface area contributed by atoms with Gasteiger partial charge in [0.15, 0.2) is 8.67 Å². The number of benzene rings is 1. The number of hydrogen-bond donors (Lipinski definition) is 0. The molecule has 4 bridgehead atoms. The van der Waals surface area contributed by atoms with Crippen LogP contribution in [0, 0.1) is 11.8 Å². The number of alkyl halides is 8. The highest BCUT2D eigenvalue weighted by Crippen LogP contribution is 2.88. The van der Waals surface area contributed by atoms with Crippen LogP contribution in [0.5, 0.6) is 0 Å². The smallest absolute Gasteiger partial charge is 0.109 e. The highest BCUT2D eigenvalue weighted by atomic mass is 79.9. The molecule has 0 saturated heterocycles. The number of halogens is 13. The van der Waals surface area contributed by atoms with E-state index in [2.05, 4.69) is 15.9 Å². The molecule has 0 aliphatic heterocycles. The van der Waals surface area contributed by atoms with Crippen LogP contribution in [-0.4, -0.2) is 28.2 Å². The maximum Gasteiger partial charge on any atom is 0.167 e. The van der Waals surface area contributed by atoms with Crippen molar-refractivity contribution in [2.45, 2.75) is 40.0 Å². The minimum atomic E-state index is -1.82. The first-order chi connectivity index (χ1) is 15.0. The Hall–Kier alpha value is 2.66. The van der Waals surface area contributed by atoms with Crippen molar-refractivity contribution in [3.63, 3.8) is 0 Å². The third-order valence-electron chi connectivity index (χ3n) is 8.09. The highest BCUT2D eigenvalue weighted by molar-refractivity contribution is 9.10. The van der Waals surface area contributed by atoms with E-state index in [0.717, 1.165) is 15.6 Å². The number of allylic oxidation sites excluding steroid dienone is 4. The van der Waals surface area contributed by atoms with Gasteiger partial charge in [0.25, 0.3) is 0 Å². The van der Waals surface area contributed by atoms with Crippen LogP contribution in [0.4, 0.5) is 0 Å². The predicted molar refractivity (Wildman–Crippen MR) is 147 cm³/mol. The van der Waals surface area contributed by atoms with Gasteiger partial charge in [-0.05, 0) is 23.3 Å². The van der Waals surface area contributed by atoms with Crippen molar-refractivity contribution in [3.05, 3.63) is 53.9 Å². The van der Waals surface area contributed by atoms with Crippen LogP contribution in [0.2, 0.25) is 0 Å². The van der Waals surface area contributed by atoms with Gasteiger partial charge in [-0.25, -0.2) is 0 Å². The van der Waals surface area contributed by atoms with Crippen LogP contribution in [0.25, 0.3) is 0 Å². The standard InChI is InChI=1S/C20H7BrCl12/c21-4-1-2-5-6(3-4)8-10(18(29)14(25)12(23)16(8,27)20(18,32)33)9-7(5)15(26)11(22)13(24)17(9,28)19(15,30)31/h1-3,7-10H/t7?,8?,9?,10?,15-,16-,17+,18+/m1/s1. The van der Waals surface area contributed by atoms with Gasteiger partial charge in [0.2, 0.25) is 0 Å². The molecule has 5 aliphatic rings. The van der Waals surface area contributed by atoms with Gasteiger partial charge in [-0.2, -0.15) is 0 Å². The van der Waals surface area contributed by atoms with Crippen molar-refractivity contribution >= 4 is 155 Å². The summed E-state index contributed by atoms with van der Waals surface area (Å²) in [5.41, 5.74) is 1.53. The van der Waals surface area contributed by atoms with Crippen molar-refractivity contribution in [2.75, 3.05) is 0 Å². The van der Waals surface area contributed by atoms with Gasteiger partial charge in [0, 0.05) is 28.1 Å². The second-order valence-corrected chi connectivity index (χ2v) is 16.5. The van der Waals surface area contributed by atoms with E-state index in [1.165, 1.54) is 0 Å². The lowest BCUT2D eigenvalue weighted by Gasteiger charge is -2.52. The fourth-order valence-corrected chi connectivity index (χ4v) is 13.3. The van der Waals surface area contributed by atoms with Crippen LogP contribution < -0.4 is 0 Å². The quantitative estimate of drug-likeness (QED) is 0.232. The molecule has 0 radical (unpaired) electrons. The third kappa shape index (κ3) is 2.27. The van der Waals surface area contributed by atoms with E-state index in [1.807, 2.05) is 18.2 Å². The molecular weight excluding hydrogens is 746 g/mol. The molecule has 4 unspecified atom stereocenters. The number of fused-ring (bicyclic) bond motifs is 14. The first-order valence-corrected chi connectivity index (χ1v) is 14.8. The van der Waals surface area contributed by atoms with Gasteiger partial charge in [-0.1, -0.05) is 115 Å². The van der Waals surface area contributed by atoms with E-state index in [4.69, 9.17) is 139 Å². The monoisotopic (exact) mass is 746 g/mol. The molecule has 1 aromatic rings. The molecule has 13 heteroatoms. The van der Waals surface area contributed by atoms with E-state index in [0.29, 0.717) is 0 Å². The van der Waals surface area contributed by atoms with Crippen LogP contribution >= 0.6 is 155 Å². The van der Waals surface area contributed by atoms with Crippen LogP contribution in [0.3, 0.4) is 0 Å². The molecule has 0 nitrogen and oxygen atoms in total. The Kier molecular flexibility index (Phi) is 5.53. The van der Waals surface area contributed by atoms with Crippen molar-refractivity contribution in [3.8, 4) is 0 Å². The molecule has 5 aliphatic carbocycles. The van der Waals surface area contributed by atoms with E-state index < -0.39 is 51.8 Å². The third-order valence-corrected chi connectivity index (χ3v) is 17.1. The Bertz CT molecular complexity index is 1240. The lowest BCUT2D eigenvalue weighted by atomic mass is 9.57. The van der Waals surface area contributed by atoms with E-state index in [1.54, 1.807) is 0 Å². The zero-order valence-corrected chi connectivity index (χ0v) is 26.1. The van der Waals surface area contributed by atoms with E-state index in [9.17, 15) is 0 Å². The molecule has 2 saturated carbocycles. The zero-order chi connectivity index (χ0) is 24.5. The van der Waals surface area contributed by atoms with Gasteiger partial charge in [0.1, 0.15) is 19.5 Å². The molecule has 0 spiro atoms. The molecule has 2 fully saturated rings. The average Bonchev–Trinajstić information content (AvgIpc) is 3.08. The Morgan fingerprint density at radius 2 is 0.909 bits per heavy atom. The molecule has 0 heterocycles. The van der Waals surface area contributed by atoms with Crippen molar-refractivity contribution in [1.82, 2.24) is 0 Å². The molecule has 0 aromatic heterocycles. The fraction of sp³-hybridized carbons (Fsp3) is 0.500. The van der Waals surface area contributed by atoms with Crippen LogP contribution in [-0.2, 0) is 0 Å². The molecule has 178 valence electrons. The summed E-state index contributed by atoms with van der Waals surface area (Å²) in [5.74, 6) is -2.65. The van der Waals surface area contributed by atoms with Gasteiger partial charge in [-0.3, -0.25) is 0 Å². The fourth-order valence-electron chi connectivity index (χ4n) is 6.87. The molecule has 0 N–H and O–H groups in total. The lowest BCUT2D eigenvalue weighted by Crippen LogP contribution is -2.53. The second-order valence-electron chi connectivity index (χ2n) is 9.03. The van der Waals surface area contributed by atoms with E-state index >= 15 is 0 Å². The normalized spacial score (nSPS) is 50.1. The van der Waals surface area contributed by atoms with Gasteiger partial charge < -0.3 is 0 Å². The molecule has 0 amide bonds.